The van der Waals surface area contributed by atoms with E-state index in [1.54, 1.807) is 35.3 Å². The van der Waals surface area contributed by atoms with Gasteiger partial charge in [0.2, 0.25) is 0 Å². The van der Waals surface area contributed by atoms with Crippen LogP contribution in [0.5, 0.6) is 5.75 Å². The number of aromatic hydroxyl groups is 1. The largest absolute Gasteiger partial charge is 0.508 e. The first-order chi connectivity index (χ1) is 19.5. The molecule has 0 unspecified atom stereocenters. The summed E-state index contributed by atoms with van der Waals surface area (Å²) in [5.74, 6) is 1.52. The van der Waals surface area contributed by atoms with Crippen molar-refractivity contribution in [3.8, 4) is 28.6 Å². The number of nitrogens with zero attached hydrogens (tertiary/aromatic N) is 6. The number of imidazole rings is 1. The van der Waals surface area contributed by atoms with Gasteiger partial charge in [-0.2, -0.15) is 5.10 Å². The van der Waals surface area contributed by atoms with Crippen molar-refractivity contribution in [3.05, 3.63) is 108 Å². The number of hydrogen-bond donors (Lipinski definition) is 3. The van der Waals surface area contributed by atoms with Gasteiger partial charge in [-0.1, -0.05) is 12.1 Å². The first kappa shape index (κ1) is 23.6. The number of aromatic nitrogens is 6. The highest BCUT2D eigenvalue weighted by atomic mass is 16.3. The number of phenolic OH excluding ortho intramolecular Hbond substituents is 1. The van der Waals surface area contributed by atoms with Crippen molar-refractivity contribution in [1.29, 1.82) is 0 Å². The Morgan fingerprint density at radius 2 is 1.93 bits per heavy atom. The van der Waals surface area contributed by atoms with E-state index in [1.807, 2.05) is 53.2 Å². The number of nitrogens with two attached hydrogens (primary N) is 1. The molecule has 4 N–H and O–H groups in total. The molecule has 2 aromatic carbocycles. The van der Waals surface area contributed by atoms with E-state index in [9.17, 15) is 9.90 Å². The zero-order valence-electron chi connectivity index (χ0n) is 21.3. The molecular weight excluding hydrogens is 504 g/mol. The Bertz CT molecular complexity index is 1890. The molecule has 4 heterocycles. The van der Waals surface area contributed by atoms with Crippen LogP contribution in [0.25, 0.3) is 34.1 Å². The van der Waals surface area contributed by atoms with Gasteiger partial charge in [0.1, 0.15) is 17.1 Å². The average molecular weight is 529 g/mol. The lowest BCUT2D eigenvalue weighted by molar-refractivity contribution is 0.0936. The van der Waals surface area contributed by atoms with E-state index >= 15 is 0 Å². The van der Waals surface area contributed by atoms with Crippen molar-refractivity contribution in [2.24, 2.45) is 0 Å². The Kier molecular flexibility index (Phi) is 5.52. The Balaban J connectivity index is 1.31. The normalized spacial score (nSPS) is 14.3. The predicted octanol–water partition coefficient (Wildman–Crippen LogP) is 4.37. The van der Waals surface area contributed by atoms with Crippen molar-refractivity contribution in [2.45, 2.75) is 18.9 Å². The van der Waals surface area contributed by atoms with Crippen molar-refractivity contribution in [3.63, 3.8) is 0 Å². The van der Waals surface area contributed by atoms with E-state index in [0.717, 1.165) is 29.7 Å². The summed E-state index contributed by atoms with van der Waals surface area (Å²) in [5.41, 5.74) is 11.9. The Labute approximate surface area is 228 Å². The van der Waals surface area contributed by atoms with Gasteiger partial charge in [0.05, 0.1) is 11.6 Å². The smallest absolute Gasteiger partial charge is 0.251 e. The van der Waals surface area contributed by atoms with Gasteiger partial charge >= 0.3 is 0 Å². The minimum Gasteiger partial charge on any atom is -0.508 e. The van der Waals surface area contributed by atoms with Crippen molar-refractivity contribution in [1.82, 2.24) is 34.6 Å². The third kappa shape index (κ3) is 4.02. The summed E-state index contributed by atoms with van der Waals surface area (Å²) in [7, 11) is 0. The lowest BCUT2D eigenvalue weighted by Gasteiger charge is -2.16. The summed E-state index contributed by atoms with van der Waals surface area (Å²) in [6, 6.07) is 21.8. The maximum atomic E-state index is 12.9. The Morgan fingerprint density at radius 3 is 2.75 bits per heavy atom. The topological polar surface area (TPSA) is 137 Å². The van der Waals surface area contributed by atoms with Crippen LogP contribution >= 0.6 is 0 Å². The van der Waals surface area contributed by atoms with Gasteiger partial charge < -0.3 is 16.2 Å². The molecule has 0 aliphatic heterocycles. The minimum absolute atomic E-state index is 0.0612. The molecule has 0 bridgehead atoms. The van der Waals surface area contributed by atoms with Crippen LogP contribution in [-0.2, 0) is 6.42 Å². The van der Waals surface area contributed by atoms with E-state index in [4.69, 9.17) is 15.7 Å². The molecule has 7 rings (SSSR count). The van der Waals surface area contributed by atoms with Crippen LogP contribution in [0.3, 0.4) is 0 Å². The molecule has 0 saturated heterocycles. The maximum Gasteiger partial charge on any atom is 0.251 e. The number of fused-ring (bicyclic) bond motifs is 2. The summed E-state index contributed by atoms with van der Waals surface area (Å²) < 4.78 is 3.70. The van der Waals surface area contributed by atoms with Crippen LogP contribution in [-0.4, -0.2) is 40.3 Å². The predicted molar refractivity (Wildman–Crippen MR) is 150 cm³/mol. The second-order valence-corrected chi connectivity index (χ2v) is 9.67. The van der Waals surface area contributed by atoms with Crippen LogP contribution < -0.4 is 11.1 Å². The zero-order chi connectivity index (χ0) is 27.2. The van der Waals surface area contributed by atoms with Gasteiger partial charge in [0.15, 0.2) is 17.3 Å². The highest BCUT2D eigenvalue weighted by Gasteiger charge is 2.26. The highest BCUT2D eigenvalue weighted by Crippen LogP contribution is 2.36. The van der Waals surface area contributed by atoms with Crippen molar-refractivity contribution < 1.29 is 9.90 Å². The molecule has 0 saturated carbocycles. The van der Waals surface area contributed by atoms with Gasteiger partial charge in [-0.25, -0.2) is 19.6 Å². The van der Waals surface area contributed by atoms with Crippen LogP contribution in [0, 0.1) is 0 Å². The van der Waals surface area contributed by atoms with E-state index < -0.39 is 0 Å². The first-order valence-corrected chi connectivity index (χ1v) is 12.9. The molecule has 4 aromatic heterocycles. The second-order valence-electron chi connectivity index (χ2n) is 9.67. The molecular formula is C30H24N8O2. The number of aryl methyl sites for hydroxylation is 1. The monoisotopic (exact) mass is 528 g/mol. The molecule has 196 valence electrons. The zero-order valence-corrected chi connectivity index (χ0v) is 21.3. The third-order valence-corrected chi connectivity index (χ3v) is 7.18. The SMILES string of the molecule is Nc1ncccc1-c1nc2ccc(-n3cccn3)nc2n1-c1ccc2c(c1)CC[C@@H]2NC(=O)c1cccc(O)c1. The highest BCUT2D eigenvalue weighted by molar-refractivity contribution is 5.95. The number of benzene rings is 2. The van der Waals surface area contributed by atoms with Crippen molar-refractivity contribution >= 4 is 22.9 Å². The Hall–Kier alpha value is -5.51. The number of nitrogens with one attached hydrogen (secondary N) is 1. The fourth-order valence-electron chi connectivity index (χ4n) is 5.29. The summed E-state index contributed by atoms with van der Waals surface area (Å²) in [4.78, 5) is 27.0. The van der Waals surface area contributed by atoms with Gasteiger partial charge in [-0.3, -0.25) is 9.36 Å². The van der Waals surface area contributed by atoms with Gasteiger partial charge in [-0.15, -0.1) is 0 Å². The van der Waals surface area contributed by atoms with Gasteiger partial charge in [0.25, 0.3) is 5.91 Å². The van der Waals surface area contributed by atoms with Crippen molar-refractivity contribution in [2.75, 3.05) is 5.73 Å². The second kappa shape index (κ2) is 9.35. The molecule has 40 heavy (non-hydrogen) atoms. The first-order valence-electron chi connectivity index (χ1n) is 12.9. The fraction of sp³-hybridized carbons (Fsp3) is 0.100. The standard InChI is InChI=1S/C30H24N8O2/c31-27-23(6-2-13-32-27)28-34-25-11-12-26(37-15-3-14-33-37)36-29(25)38(28)20-8-9-22-18(16-20)7-10-24(22)35-30(40)19-4-1-5-21(39)17-19/h1-6,8-9,11-17,24,39H,7,10H2,(H2,31,32)(H,35,40)/t24-/m0/s1. The quantitative estimate of drug-likeness (QED) is 0.302. The number of rotatable bonds is 5. The lowest BCUT2D eigenvalue weighted by Crippen LogP contribution is -2.27. The molecule has 10 nitrogen and oxygen atoms in total. The third-order valence-electron chi connectivity index (χ3n) is 7.18. The van der Waals surface area contributed by atoms with E-state index in [1.165, 1.54) is 6.07 Å². The Morgan fingerprint density at radius 1 is 1.00 bits per heavy atom. The maximum absolute atomic E-state index is 12.9. The van der Waals surface area contributed by atoms with E-state index in [-0.39, 0.29) is 17.7 Å². The molecule has 0 spiro atoms. The van der Waals surface area contributed by atoms with E-state index in [0.29, 0.717) is 39.8 Å². The molecule has 1 atom stereocenters. The molecule has 10 heteroatoms. The number of carbonyl (C=O) groups is 1. The number of pyridine rings is 2. The van der Waals surface area contributed by atoms with Crippen LogP contribution in [0.1, 0.15) is 33.9 Å². The molecule has 0 fully saturated rings. The number of phenols is 1. The average Bonchev–Trinajstić information content (AvgIpc) is 3.72. The van der Waals surface area contributed by atoms with Crippen LogP contribution in [0.15, 0.2) is 91.4 Å². The number of amides is 1. The molecule has 1 aliphatic rings. The number of carbonyl (C=O) groups excluding carboxylic acids is 1. The summed E-state index contributed by atoms with van der Waals surface area (Å²) >= 11 is 0. The lowest BCUT2D eigenvalue weighted by atomic mass is 10.1. The summed E-state index contributed by atoms with van der Waals surface area (Å²) in [6.07, 6.45) is 6.78. The summed E-state index contributed by atoms with van der Waals surface area (Å²) in [6.45, 7) is 0. The fourth-order valence-corrected chi connectivity index (χ4v) is 5.29. The summed E-state index contributed by atoms with van der Waals surface area (Å²) in [5, 5.41) is 17.2. The minimum atomic E-state index is -0.219. The number of hydrogen-bond acceptors (Lipinski definition) is 7. The van der Waals surface area contributed by atoms with Gasteiger partial charge in [-0.05, 0) is 84.6 Å². The molecule has 6 aromatic rings. The number of nitrogen functional groups attached to an aromatic ring is 1. The van der Waals surface area contributed by atoms with Crippen LogP contribution in [0.2, 0.25) is 0 Å². The van der Waals surface area contributed by atoms with Gasteiger partial charge in [0, 0.05) is 29.8 Å². The van der Waals surface area contributed by atoms with Crippen LogP contribution in [0.4, 0.5) is 5.82 Å². The molecule has 1 aliphatic carbocycles. The van der Waals surface area contributed by atoms with E-state index in [2.05, 4.69) is 21.5 Å². The number of anilines is 1. The molecule has 1 amide bonds. The molecule has 0 radical (unpaired) electrons.